The molecule has 1 heterocycles. The second kappa shape index (κ2) is 11.3. The maximum atomic E-state index is 11.8. The van der Waals surface area contributed by atoms with Gasteiger partial charge in [0.25, 0.3) is 0 Å². The van der Waals surface area contributed by atoms with Crippen LogP contribution in [0.15, 0.2) is 23.3 Å². The van der Waals surface area contributed by atoms with Crippen LogP contribution in [0.4, 0.5) is 5.13 Å². The van der Waals surface area contributed by atoms with Gasteiger partial charge in [-0.1, -0.05) is 31.1 Å². The van der Waals surface area contributed by atoms with E-state index in [0.29, 0.717) is 34.7 Å². The maximum absolute atomic E-state index is 11.8. The van der Waals surface area contributed by atoms with Crippen molar-refractivity contribution in [3.63, 3.8) is 0 Å². The van der Waals surface area contributed by atoms with Gasteiger partial charge in [0.2, 0.25) is 5.13 Å². The normalized spacial score (nSPS) is 10.9. The molecule has 0 aliphatic carbocycles. The zero-order valence-electron chi connectivity index (χ0n) is 16.8. The van der Waals surface area contributed by atoms with Crippen LogP contribution in [-0.2, 0) is 4.74 Å². The van der Waals surface area contributed by atoms with E-state index in [1.807, 2.05) is 18.2 Å². The van der Waals surface area contributed by atoms with Crippen LogP contribution in [0.5, 0.6) is 11.5 Å². The van der Waals surface area contributed by atoms with Crippen LogP contribution in [0.3, 0.4) is 0 Å². The first-order valence-corrected chi connectivity index (χ1v) is 10.1. The Labute approximate surface area is 169 Å². The van der Waals surface area contributed by atoms with Crippen molar-refractivity contribution in [1.29, 1.82) is 0 Å². The zero-order chi connectivity index (χ0) is 20.4. The number of nitrogens with one attached hydrogen (secondary N) is 1. The van der Waals surface area contributed by atoms with Gasteiger partial charge in [0.1, 0.15) is 4.88 Å². The van der Waals surface area contributed by atoms with Gasteiger partial charge >= 0.3 is 5.97 Å². The molecule has 0 atom stereocenters. The molecule has 0 saturated carbocycles. The molecule has 28 heavy (non-hydrogen) atoms. The summed E-state index contributed by atoms with van der Waals surface area (Å²) in [5.41, 5.74) is 4.32. The average Bonchev–Trinajstić information content (AvgIpc) is 3.06. The summed E-state index contributed by atoms with van der Waals surface area (Å²) in [6.45, 7) is 6.70. The SMILES string of the molecule is CCCCCOc1ccc(/C=N\Nc2nc(C)c(C(=O)OCC)s2)cc1OC. The molecule has 0 radical (unpaired) electrons. The summed E-state index contributed by atoms with van der Waals surface area (Å²) in [7, 11) is 1.61. The summed E-state index contributed by atoms with van der Waals surface area (Å²) < 4.78 is 16.2. The first-order chi connectivity index (χ1) is 13.6. The zero-order valence-corrected chi connectivity index (χ0v) is 17.6. The van der Waals surface area contributed by atoms with Crippen LogP contribution in [0.2, 0.25) is 0 Å². The van der Waals surface area contributed by atoms with Crippen molar-refractivity contribution in [1.82, 2.24) is 4.98 Å². The Kier molecular flexibility index (Phi) is 8.74. The highest BCUT2D eigenvalue weighted by molar-refractivity contribution is 7.17. The maximum Gasteiger partial charge on any atom is 0.350 e. The van der Waals surface area contributed by atoms with Gasteiger partial charge in [-0.05, 0) is 44.0 Å². The lowest BCUT2D eigenvalue weighted by atomic mass is 10.2. The third-order valence-electron chi connectivity index (χ3n) is 3.82. The first-order valence-electron chi connectivity index (χ1n) is 9.33. The summed E-state index contributed by atoms with van der Waals surface area (Å²) in [4.78, 5) is 16.6. The van der Waals surface area contributed by atoms with E-state index in [9.17, 15) is 4.79 Å². The second-order valence-electron chi connectivity index (χ2n) is 5.99. The summed E-state index contributed by atoms with van der Waals surface area (Å²) in [6, 6.07) is 5.63. The predicted octanol–water partition coefficient (Wildman–Crippen LogP) is 4.65. The Hall–Kier alpha value is -2.61. The number of benzene rings is 1. The standard InChI is InChI=1S/C20H27N3O4S/c1-5-7-8-11-27-16-10-9-15(12-17(16)25-4)13-21-23-20-22-14(3)18(28-20)19(24)26-6-2/h9-10,12-13H,5-8,11H2,1-4H3,(H,22,23)/b21-13-. The summed E-state index contributed by atoms with van der Waals surface area (Å²) in [6.07, 6.45) is 4.98. The molecule has 2 rings (SSSR count). The third-order valence-corrected chi connectivity index (χ3v) is 4.87. The van der Waals surface area contributed by atoms with Crippen LogP contribution < -0.4 is 14.9 Å². The Morgan fingerprint density at radius 2 is 2.11 bits per heavy atom. The molecule has 0 fully saturated rings. The van der Waals surface area contributed by atoms with Gasteiger partial charge in [-0.3, -0.25) is 5.43 Å². The Morgan fingerprint density at radius 3 is 2.82 bits per heavy atom. The number of aryl methyl sites for hydroxylation is 1. The molecule has 7 nitrogen and oxygen atoms in total. The molecule has 1 aromatic carbocycles. The largest absolute Gasteiger partial charge is 0.493 e. The van der Waals surface area contributed by atoms with E-state index >= 15 is 0 Å². The third kappa shape index (κ3) is 6.23. The monoisotopic (exact) mass is 405 g/mol. The quantitative estimate of drug-likeness (QED) is 0.254. The number of anilines is 1. The molecule has 0 amide bonds. The van der Waals surface area contributed by atoms with E-state index in [1.165, 1.54) is 11.3 Å². The van der Waals surface area contributed by atoms with Crippen LogP contribution in [-0.4, -0.2) is 37.5 Å². The van der Waals surface area contributed by atoms with E-state index in [2.05, 4.69) is 22.4 Å². The highest BCUT2D eigenvalue weighted by Gasteiger charge is 2.16. The molecule has 152 valence electrons. The highest BCUT2D eigenvalue weighted by Crippen LogP contribution is 2.28. The second-order valence-corrected chi connectivity index (χ2v) is 6.99. The van der Waals surface area contributed by atoms with Crippen LogP contribution >= 0.6 is 11.3 Å². The van der Waals surface area contributed by atoms with E-state index < -0.39 is 0 Å². The number of rotatable bonds is 11. The summed E-state index contributed by atoms with van der Waals surface area (Å²) in [5, 5.41) is 4.72. The van der Waals surface area contributed by atoms with Crippen molar-refractivity contribution in [2.75, 3.05) is 25.7 Å². The number of ether oxygens (including phenoxy) is 3. The lowest BCUT2D eigenvalue weighted by Crippen LogP contribution is -2.03. The van der Waals surface area contributed by atoms with Crippen LogP contribution in [0.25, 0.3) is 0 Å². The fourth-order valence-corrected chi connectivity index (χ4v) is 3.22. The number of hydrazone groups is 1. The Bertz CT molecular complexity index is 805. The molecule has 0 bridgehead atoms. The smallest absolute Gasteiger partial charge is 0.350 e. The predicted molar refractivity (Wildman–Crippen MR) is 112 cm³/mol. The highest BCUT2D eigenvalue weighted by atomic mass is 32.1. The van der Waals surface area contributed by atoms with Crippen molar-refractivity contribution < 1.29 is 19.0 Å². The summed E-state index contributed by atoms with van der Waals surface area (Å²) in [5.74, 6) is 1.02. The van der Waals surface area contributed by atoms with E-state index in [0.717, 1.165) is 30.6 Å². The molecule has 0 saturated heterocycles. The van der Waals surface area contributed by atoms with Gasteiger partial charge < -0.3 is 14.2 Å². The van der Waals surface area contributed by atoms with Crippen LogP contribution in [0, 0.1) is 6.92 Å². The van der Waals surface area contributed by atoms with Crippen molar-refractivity contribution >= 4 is 28.7 Å². The average molecular weight is 406 g/mol. The lowest BCUT2D eigenvalue weighted by Gasteiger charge is -2.11. The van der Waals surface area contributed by atoms with Gasteiger partial charge in [0, 0.05) is 0 Å². The van der Waals surface area contributed by atoms with Gasteiger partial charge in [0.05, 0.1) is 32.2 Å². The molecule has 8 heteroatoms. The molecular weight excluding hydrogens is 378 g/mol. The van der Waals surface area contributed by atoms with E-state index in [1.54, 1.807) is 27.2 Å². The minimum atomic E-state index is -0.367. The van der Waals surface area contributed by atoms with Crippen molar-refractivity contribution in [3.05, 3.63) is 34.3 Å². The number of thiazole rings is 1. The Balaban J connectivity index is 1.98. The minimum absolute atomic E-state index is 0.331. The number of hydrogen-bond donors (Lipinski definition) is 1. The molecule has 1 N–H and O–H groups in total. The summed E-state index contributed by atoms with van der Waals surface area (Å²) >= 11 is 1.21. The molecule has 0 unspecified atom stereocenters. The topological polar surface area (TPSA) is 82.0 Å². The van der Waals surface area contributed by atoms with E-state index in [-0.39, 0.29) is 5.97 Å². The van der Waals surface area contributed by atoms with Gasteiger partial charge in [-0.2, -0.15) is 5.10 Å². The molecule has 2 aromatic rings. The van der Waals surface area contributed by atoms with Crippen molar-refractivity contribution in [2.24, 2.45) is 5.10 Å². The molecule has 0 spiro atoms. The van der Waals surface area contributed by atoms with Crippen molar-refractivity contribution in [3.8, 4) is 11.5 Å². The van der Waals surface area contributed by atoms with Gasteiger partial charge in [-0.15, -0.1) is 0 Å². The van der Waals surface area contributed by atoms with E-state index in [4.69, 9.17) is 14.2 Å². The number of unbranched alkanes of at least 4 members (excludes halogenated alkanes) is 2. The number of methoxy groups -OCH3 is 1. The number of nitrogens with zero attached hydrogens (tertiary/aromatic N) is 2. The number of hydrogen-bond acceptors (Lipinski definition) is 8. The van der Waals surface area contributed by atoms with Crippen molar-refractivity contribution in [2.45, 2.75) is 40.0 Å². The molecule has 1 aromatic heterocycles. The molecular formula is C20H27N3O4S. The number of carbonyl (C=O) groups excluding carboxylic acids is 1. The molecule has 0 aliphatic heterocycles. The van der Waals surface area contributed by atoms with Gasteiger partial charge in [0.15, 0.2) is 11.5 Å². The number of esters is 1. The minimum Gasteiger partial charge on any atom is -0.493 e. The Morgan fingerprint density at radius 1 is 1.29 bits per heavy atom. The van der Waals surface area contributed by atoms with Gasteiger partial charge in [-0.25, -0.2) is 9.78 Å². The lowest BCUT2D eigenvalue weighted by molar-refractivity contribution is 0.0531. The fourth-order valence-electron chi connectivity index (χ4n) is 2.41. The first kappa shape index (κ1) is 21.7. The van der Waals surface area contributed by atoms with Crippen LogP contribution in [0.1, 0.15) is 54.0 Å². The number of carbonyl (C=O) groups is 1. The fraction of sp³-hybridized carbons (Fsp3) is 0.450. The molecule has 0 aliphatic rings. The number of aromatic nitrogens is 1.